The molecule has 0 bridgehead atoms. The Bertz CT molecular complexity index is 1950. The van der Waals surface area contributed by atoms with E-state index >= 15 is 0 Å². The van der Waals surface area contributed by atoms with Crippen LogP contribution < -0.4 is 10.6 Å². The van der Waals surface area contributed by atoms with E-state index in [0.29, 0.717) is 24.2 Å². The lowest BCUT2D eigenvalue weighted by molar-refractivity contribution is 0.0944. The van der Waals surface area contributed by atoms with E-state index in [4.69, 9.17) is 9.97 Å². The number of hydrogen-bond acceptors (Lipinski definition) is 4. The van der Waals surface area contributed by atoms with Crippen molar-refractivity contribution in [2.24, 2.45) is 0 Å². The molecule has 6 aromatic rings. The molecule has 6 nitrogen and oxygen atoms in total. The zero-order valence-electron chi connectivity index (χ0n) is 28.2. The third-order valence-corrected chi connectivity index (χ3v) is 9.05. The van der Waals surface area contributed by atoms with Gasteiger partial charge in [-0.05, 0) is 63.8 Å². The fourth-order valence-electron chi connectivity index (χ4n) is 6.37. The summed E-state index contributed by atoms with van der Waals surface area (Å²) in [6.07, 6.45) is 3.63. The molecule has 4 aromatic carbocycles. The van der Waals surface area contributed by atoms with Crippen LogP contribution in [0.15, 0.2) is 97.1 Å². The van der Waals surface area contributed by atoms with E-state index in [2.05, 4.69) is 73.0 Å². The molecule has 6 heteroatoms. The van der Waals surface area contributed by atoms with Gasteiger partial charge in [-0.3, -0.25) is 9.59 Å². The summed E-state index contributed by atoms with van der Waals surface area (Å²) in [5.74, 6) is -0.145. The summed E-state index contributed by atoms with van der Waals surface area (Å²) in [5.41, 5.74) is 10.8. The first kappa shape index (κ1) is 32.6. The summed E-state index contributed by atoms with van der Waals surface area (Å²) in [4.78, 5) is 36.9. The lowest BCUT2D eigenvalue weighted by Gasteiger charge is -2.15. The number of benzene rings is 4. The predicted molar refractivity (Wildman–Crippen MR) is 196 cm³/mol. The fourth-order valence-corrected chi connectivity index (χ4v) is 6.37. The summed E-state index contributed by atoms with van der Waals surface area (Å²) in [6, 6.07) is 32.2. The second-order valence-electron chi connectivity index (χ2n) is 12.6. The van der Waals surface area contributed by atoms with E-state index in [1.54, 1.807) is 0 Å². The summed E-state index contributed by atoms with van der Waals surface area (Å²) in [7, 11) is 0. The van der Waals surface area contributed by atoms with Crippen molar-refractivity contribution in [2.45, 2.75) is 53.4 Å². The predicted octanol–water partition coefficient (Wildman–Crippen LogP) is 9.07. The van der Waals surface area contributed by atoms with Crippen LogP contribution in [0.1, 0.15) is 68.7 Å². The van der Waals surface area contributed by atoms with Gasteiger partial charge in [-0.2, -0.15) is 0 Å². The summed E-state index contributed by atoms with van der Waals surface area (Å²) in [6.45, 7) is 9.27. The first-order chi connectivity index (χ1) is 23.3. The molecule has 0 fully saturated rings. The number of nitrogens with one attached hydrogen (secondary N) is 2. The number of hydrogen-bond donors (Lipinski definition) is 2. The first-order valence-electron chi connectivity index (χ1n) is 16.8. The summed E-state index contributed by atoms with van der Waals surface area (Å²) in [5, 5.41) is 8.03. The van der Waals surface area contributed by atoms with Crippen molar-refractivity contribution in [1.82, 2.24) is 20.6 Å². The minimum absolute atomic E-state index is 0.0725. The molecule has 2 amide bonds. The van der Waals surface area contributed by atoms with E-state index in [9.17, 15) is 9.59 Å². The van der Waals surface area contributed by atoms with E-state index in [0.717, 1.165) is 81.1 Å². The Balaban J connectivity index is 1.03. The number of amides is 2. The van der Waals surface area contributed by atoms with E-state index in [-0.39, 0.29) is 11.8 Å². The third-order valence-electron chi connectivity index (χ3n) is 9.05. The minimum atomic E-state index is -0.0725. The maximum absolute atomic E-state index is 13.5. The first-order valence-corrected chi connectivity index (χ1v) is 16.8. The van der Waals surface area contributed by atoms with Gasteiger partial charge in [0.2, 0.25) is 0 Å². The van der Waals surface area contributed by atoms with Crippen molar-refractivity contribution in [3.8, 4) is 22.5 Å². The van der Waals surface area contributed by atoms with Crippen LogP contribution in [0.25, 0.3) is 44.3 Å². The minimum Gasteiger partial charge on any atom is -0.352 e. The van der Waals surface area contributed by atoms with Gasteiger partial charge in [0.25, 0.3) is 11.8 Å². The van der Waals surface area contributed by atoms with Gasteiger partial charge in [0, 0.05) is 35.0 Å². The Morgan fingerprint density at radius 3 is 1.27 bits per heavy atom. The zero-order valence-corrected chi connectivity index (χ0v) is 28.2. The molecule has 0 unspecified atom stereocenters. The maximum atomic E-state index is 13.5. The molecule has 0 atom stereocenters. The van der Waals surface area contributed by atoms with Gasteiger partial charge >= 0.3 is 0 Å². The van der Waals surface area contributed by atoms with Crippen molar-refractivity contribution in [1.29, 1.82) is 0 Å². The molecule has 48 heavy (non-hydrogen) atoms. The average Bonchev–Trinajstić information content (AvgIpc) is 3.09. The molecule has 0 radical (unpaired) electrons. The van der Waals surface area contributed by atoms with Gasteiger partial charge in [-0.15, -0.1) is 0 Å². The molecule has 0 spiro atoms. The number of carbonyl (C=O) groups is 2. The molecule has 0 aliphatic carbocycles. The van der Waals surface area contributed by atoms with Crippen LogP contribution in [0, 0.1) is 27.7 Å². The zero-order chi connectivity index (χ0) is 33.6. The van der Waals surface area contributed by atoms with E-state index in [1.807, 2.05) is 62.4 Å². The Hall–Kier alpha value is -5.36. The topological polar surface area (TPSA) is 84.0 Å². The number of rotatable bonds is 11. The van der Waals surface area contributed by atoms with Gasteiger partial charge in [-0.25, -0.2) is 9.97 Å². The molecule has 0 saturated heterocycles. The van der Waals surface area contributed by atoms with Crippen molar-refractivity contribution in [2.75, 3.05) is 13.1 Å². The van der Waals surface area contributed by atoms with Crippen molar-refractivity contribution >= 4 is 33.6 Å². The van der Waals surface area contributed by atoms with Gasteiger partial charge in [0.1, 0.15) is 0 Å². The number of fused-ring (bicyclic) bond motifs is 2. The monoisotopic (exact) mass is 634 g/mol. The largest absolute Gasteiger partial charge is 0.352 e. The molecular formula is C42H42N4O2. The smallest absolute Gasteiger partial charge is 0.252 e. The number of aryl methyl sites for hydroxylation is 2. The quantitative estimate of drug-likeness (QED) is 0.139. The van der Waals surface area contributed by atoms with Crippen molar-refractivity contribution < 1.29 is 9.59 Å². The average molecular weight is 635 g/mol. The molecule has 6 rings (SSSR count). The number of carbonyl (C=O) groups excluding carboxylic acids is 2. The number of para-hydroxylation sites is 2. The SMILES string of the molecule is Cc1ccc(-c2nc3ccccc3c(C(=O)NCCCCCCNC(=O)c3c(C)c(-c4ccc(C)cc4)nc4ccccc34)c2C)cc1. The second-order valence-corrected chi connectivity index (χ2v) is 12.6. The standard InChI is InChI=1S/C42H42N4O2/c1-27-17-21-31(22-18-27)39-29(3)37(33-13-7-9-15-35(33)45-39)41(47)43-25-11-5-6-12-26-44-42(48)38-30(4)40(32-23-19-28(2)20-24-32)46-36-16-10-8-14-34(36)38/h7-10,13-24H,5-6,11-12,25-26H2,1-4H3,(H,43,47)(H,44,48). The molecule has 242 valence electrons. The van der Waals surface area contributed by atoms with E-state index in [1.165, 1.54) is 11.1 Å². The van der Waals surface area contributed by atoms with E-state index < -0.39 is 0 Å². The number of aromatic nitrogens is 2. The van der Waals surface area contributed by atoms with Crippen LogP contribution in [0.3, 0.4) is 0 Å². The van der Waals surface area contributed by atoms with Crippen LogP contribution in [0.5, 0.6) is 0 Å². The van der Waals surface area contributed by atoms with Gasteiger partial charge < -0.3 is 10.6 Å². The Morgan fingerprint density at radius 1 is 0.500 bits per heavy atom. The highest BCUT2D eigenvalue weighted by Gasteiger charge is 2.20. The molecular weight excluding hydrogens is 592 g/mol. The van der Waals surface area contributed by atoms with Crippen LogP contribution in [0.4, 0.5) is 0 Å². The molecule has 0 saturated carbocycles. The number of pyridine rings is 2. The Kier molecular flexibility index (Phi) is 9.91. The highest BCUT2D eigenvalue weighted by Crippen LogP contribution is 2.31. The third kappa shape index (κ3) is 6.98. The van der Waals surface area contributed by atoms with Gasteiger partial charge in [0.15, 0.2) is 0 Å². The van der Waals surface area contributed by atoms with Gasteiger partial charge in [-0.1, -0.05) is 109 Å². The number of nitrogens with zero attached hydrogens (tertiary/aromatic N) is 2. The molecule has 2 N–H and O–H groups in total. The van der Waals surface area contributed by atoms with Crippen molar-refractivity contribution in [3.05, 3.63) is 130 Å². The van der Waals surface area contributed by atoms with Crippen LogP contribution in [0.2, 0.25) is 0 Å². The highest BCUT2D eigenvalue weighted by molar-refractivity contribution is 6.09. The molecule has 0 aliphatic rings. The molecule has 0 aliphatic heterocycles. The van der Waals surface area contributed by atoms with Crippen LogP contribution in [-0.2, 0) is 0 Å². The number of unbranched alkanes of at least 4 members (excludes halogenated alkanes) is 3. The van der Waals surface area contributed by atoms with Gasteiger partial charge in [0.05, 0.1) is 33.5 Å². The fraction of sp³-hybridized carbons (Fsp3) is 0.238. The molecule has 2 aromatic heterocycles. The normalized spacial score (nSPS) is 11.2. The Morgan fingerprint density at radius 2 is 0.875 bits per heavy atom. The Labute approximate surface area is 282 Å². The lowest BCUT2D eigenvalue weighted by atomic mass is 9.96. The summed E-state index contributed by atoms with van der Waals surface area (Å²) < 4.78 is 0. The van der Waals surface area contributed by atoms with Crippen LogP contribution >= 0.6 is 0 Å². The second kappa shape index (κ2) is 14.6. The van der Waals surface area contributed by atoms with Crippen LogP contribution in [-0.4, -0.2) is 34.9 Å². The van der Waals surface area contributed by atoms with Crippen molar-refractivity contribution in [3.63, 3.8) is 0 Å². The lowest BCUT2D eigenvalue weighted by Crippen LogP contribution is -2.26. The highest BCUT2D eigenvalue weighted by atomic mass is 16.2. The maximum Gasteiger partial charge on any atom is 0.252 e. The molecule has 2 heterocycles. The summed E-state index contributed by atoms with van der Waals surface area (Å²) >= 11 is 0.